The molecule has 0 saturated heterocycles. The van der Waals surface area contributed by atoms with E-state index >= 15 is 0 Å². The number of anilines is 1. The third-order valence-corrected chi connectivity index (χ3v) is 2.20. The molecule has 1 N–H and O–H groups in total. The van der Waals surface area contributed by atoms with Crippen molar-refractivity contribution in [2.75, 3.05) is 19.0 Å². The summed E-state index contributed by atoms with van der Waals surface area (Å²) in [5.41, 5.74) is 1.10. The van der Waals surface area contributed by atoms with E-state index in [2.05, 4.69) is 28.2 Å². The minimum atomic E-state index is 0.864. The van der Waals surface area contributed by atoms with Crippen LogP contribution in [0.3, 0.4) is 0 Å². The Morgan fingerprint density at radius 1 is 1.50 bits per heavy atom. The van der Waals surface area contributed by atoms with Crippen molar-refractivity contribution < 1.29 is 4.74 Å². The molecule has 0 heterocycles. The molecule has 1 rings (SSSR count). The van der Waals surface area contributed by atoms with E-state index in [0.717, 1.165) is 22.5 Å². The van der Waals surface area contributed by atoms with Gasteiger partial charge in [-0.15, -0.1) is 0 Å². The van der Waals surface area contributed by atoms with Crippen LogP contribution in [-0.2, 0) is 0 Å². The third-order valence-electron chi connectivity index (χ3n) is 1.54. The molecule has 0 aliphatic carbocycles. The van der Waals surface area contributed by atoms with Crippen LogP contribution in [0.1, 0.15) is 6.92 Å². The lowest BCUT2D eigenvalue weighted by Crippen LogP contribution is -1.97. The molecule has 66 valence electrons. The number of halogens is 1. The summed E-state index contributed by atoms with van der Waals surface area (Å²) in [6.45, 7) is 2.99. The lowest BCUT2D eigenvalue weighted by molar-refractivity contribution is 0.414. The fourth-order valence-corrected chi connectivity index (χ4v) is 1.45. The summed E-state index contributed by atoms with van der Waals surface area (Å²) < 4.78 is 6.10. The molecule has 0 amide bonds. The first-order valence-corrected chi connectivity index (χ1v) is 4.64. The molecule has 3 heteroatoms. The Hall–Kier alpha value is -0.700. The minimum absolute atomic E-state index is 0.864. The maximum atomic E-state index is 5.07. The van der Waals surface area contributed by atoms with Gasteiger partial charge in [0.25, 0.3) is 0 Å². The van der Waals surface area contributed by atoms with E-state index in [1.165, 1.54) is 0 Å². The van der Waals surface area contributed by atoms with Crippen LogP contribution in [-0.4, -0.2) is 13.7 Å². The molecular formula is C9H12BrNO. The fourth-order valence-electron chi connectivity index (χ4n) is 0.957. The van der Waals surface area contributed by atoms with Crippen molar-refractivity contribution in [1.82, 2.24) is 0 Å². The van der Waals surface area contributed by atoms with Gasteiger partial charge in [0, 0.05) is 16.7 Å². The normalized spacial score (nSPS) is 9.58. The van der Waals surface area contributed by atoms with Gasteiger partial charge in [0.2, 0.25) is 0 Å². The molecule has 0 atom stereocenters. The molecule has 0 saturated carbocycles. The molecule has 2 nitrogen and oxygen atoms in total. The Kier molecular flexibility index (Phi) is 3.41. The predicted octanol–water partition coefficient (Wildman–Crippen LogP) is 2.89. The smallest absolute Gasteiger partial charge is 0.120 e. The zero-order valence-corrected chi connectivity index (χ0v) is 8.81. The molecule has 0 bridgehead atoms. The van der Waals surface area contributed by atoms with Gasteiger partial charge in [-0.05, 0) is 41.1 Å². The quantitative estimate of drug-likeness (QED) is 0.861. The monoisotopic (exact) mass is 229 g/mol. The number of benzene rings is 1. The predicted molar refractivity (Wildman–Crippen MR) is 54.9 cm³/mol. The lowest BCUT2D eigenvalue weighted by Gasteiger charge is -2.07. The zero-order chi connectivity index (χ0) is 8.97. The van der Waals surface area contributed by atoms with Gasteiger partial charge in [0.05, 0.1) is 7.11 Å². The molecule has 0 unspecified atom stereocenters. The number of hydrogen-bond acceptors (Lipinski definition) is 2. The molecular weight excluding hydrogens is 218 g/mol. The van der Waals surface area contributed by atoms with Crippen LogP contribution in [0.5, 0.6) is 5.75 Å². The van der Waals surface area contributed by atoms with Crippen LogP contribution in [0.25, 0.3) is 0 Å². The highest BCUT2D eigenvalue weighted by Crippen LogP contribution is 2.26. The van der Waals surface area contributed by atoms with Gasteiger partial charge in [0.15, 0.2) is 0 Å². The summed E-state index contributed by atoms with van der Waals surface area (Å²) in [6.07, 6.45) is 0. The molecule has 0 spiro atoms. The van der Waals surface area contributed by atoms with Crippen LogP contribution in [0, 0.1) is 0 Å². The third kappa shape index (κ3) is 2.14. The van der Waals surface area contributed by atoms with Crippen molar-refractivity contribution in [1.29, 1.82) is 0 Å². The van der Waals surface area contributed by atoms with Crippen molar-refractivity contribution in [3.05, 3.63) is 22.7 Å². The standard InChI is InChI=1S/C9H12BrNO/c1-3-11-9-5-4-7(12-2)6-8(9)10/h4-6,11H,3H2,1-2H3. The van der Waals surface area contributed by atoms with Crippen molar-refractivity contribution in [3.8, 4) is 5.75 Å². The van der Waals surface area contributed by atoms with Crippen molar-refractivity contribution >= 4 is 21.6 Å². The summed E-state index contributed by atoms with van der Waals surface area (Å²) in [7, 11) is 1.66. The van der Waals surface area contributed by atoms with Crippen LogP contribution in [0.15, 0.2) is 22.7 Å². The first kappa shape index (κ1) is 9.39. The molecule has 1 aromatic rings. The van der Waals surface area contributed by atoms with Gasteiger partial charge in [0.1, 0.15) is 5.75 Å². The lowest BCUT2D eigenvalue weighted by atomic mass is 10.3. The first-order valence-electron chi connectivity index (χ1n) is 3.85. The summed E-state index contributed by atoms with van der Waals surface area (Å²) in [6, 6.07) is 5.87. The van der Waals surface area contributed by atoms with Crippen LogP contribution in [0.4, 0.5) is 5.69 Å². The Labute approximate surface area is 81.1 Å². The van der Waals surface area contributed by atoms with Crippen LogP contribution < -0.4 is 10.1 Å². The Morgan fingerprint density at radius 3 is 2.75 bits per heavy atom. The summed E-state index contributed by atoms with van der Waals surface area (Å²) in [4.78, 5) is 0. The topological polar surface area (TPSA) is 21.3 Å². The Morgan fingerprint density at radius 2 is 2.25 bits per heavy atom. The van der Waals surface area contributed by atoms with Gasteiger partial charge in [-0.2, -0.15) is 0 Å². The molecule has 0 fully saturated rings. The number of ether oxygens (including phenoxy) is 1. The molecule has 1 aromatic carbocycles. The second kappa shape index (κ2) is 4.36. The molecule has 0 aromatic heterocycles. The molecule has 12 heavy (non-hydrogen) atoms. The SMILES string of the molecule is CCNc1ccc(OC)cc1Br. The summed E-state index contributed by atoms with van der Waals surface area (Å²) in [5, 5.41) is 3.22. The number of nitrogens with one attached hydrogen (secondary N) is 1. The minimum Gasteiger partial charge on any atom is -0.497 e. The van der Waals surface area contributed by atoms with E-state index in [0.29, 0.717) is 0 Å². The van der Waals surface area contributed by atoms with Gasteiger partial charge in [-0.25, -0.2) is 0 Å². The largest absolute Gasteiger partial charge is 0.497 e. The van der Waals surface area contributed by atoms with Crippen molar-refractivity contribution in [2.24, 2.45) is 0 Å². The van der Waals surface area contributed by atoms with E-state index in [4.69, 9.17) is 4.74 Å². The van der Waals surface area contributed by atoms with Gasteiger partial charge < -0.3 is 10.1 Å². The molecule has 0 radical (unpaired) electrons. The van der Waals surface area contributed by atoms with E-state index in [1.54, 1.807) is 7.11 Å². The summed E-state index contributed by atoms with van der Waals surface area (Å²) in [5.74, 6) is 0.864. The van der Waals surface area contributed by atoms with Gasteiger partial charge >= 0.3 is 0 Å². The second-order valence-electron chi connectivity index (χ2n) is 2.38. The van der Waals surface area contributed by atoms with E-state index in [-0.39, 0.29) is 0 Å². The highest BCUT2D eigenvalue weighted by Gasteiger charge is 1.99. The average Bonchev–Trinajstić information content (AvgIpc) is 2.09. The Bertz CT molecular complexity index is 263. The second-order valence-corrected chi connectivity index (χ2v) is 3.23. The van der Waals surface area contributed by atoms with Gasteiger partial charge in [-0.1, -0.05) is 0 Å². The molecule has 0 aliphatic heterocycles. The average molecular weight is 230 g/mol. The van der Waals surface area contributed by atoms with Crippen LogP contribution >= 0.6 is 15.9 Å². The molecule has 0 aliphatic rings. The van der Waals surface area contributed by atoms with E-state index in [1.807, 2.05) is 18.2 Å². The highest BCUT2D eigenvalue weighted by molar-refractivity contribution is 9.10. The first-order chi connectivity index (χ1) is 5.77. The summed E-state index contributed by atoms with van der Waals surface area (Å²) >= 11 is 3.45. The van der Waals surface area contributed by atoms with Gasteiger partial charge in [-0.3, -0.25) is 0 Å². The highest BCUT2D eigenvalue weighted by atomic mass is 79.9. The van der Waals surface area contributed by atoms with E-state index in [9.17, 15) is 0 Å². The van der Waals surface area contributed by atoms with Crippen molar-refractivity contribution in [2.45, 2.75) is 6.92 Å². The van der Waals surface area contributed by atoms with Crippen molar-refractivity contribution in [3.63, 3.8) is 0 Å². The maximum Gasteiger partial charge on any atom is 0.120 e. The zero-order valence-electron chi connectivity index (χ0n) is 7.23. The number of methoxy groups -OCH3 is 1. The van der Waals surface area contributed by atoms with Crippen LogP contribution in [0.2, 0.25) is 0 Å². The number of hydrogen-bond donors (Lipinski definition) is 1. The number of rotatable bonds is 3. The van der Waals surface area contributed by atoms with E-state index < -0.39 is 0 Å². The Balaban J connectivity index is 2.87. The maximum absolute atomic E-state index is 5.07. The fraction of sp³-hybridized carbons (Fsp3) is 0.333.